The largest absolute Gasteiger partial charge is 0.384 e. The molecule has 0 saturated heterocycles. The predicted molar refractivity (Wildman–Crippen MR) is 82.7 cm³/mol. The van der Waals surface area contributed by atoms with E-state index in [1.54, 1.807) is 0 Å². The lowest BCUT2D eigenvalue weighted by molar-refractivity contribution is 0.750. The highest BCUT2D eigenvalue weighted by Crippen LogP contribution is 2.40. The number of aromatic nitrogens is 2. The van der Waals surface area contributed by atoms with Gasteiger partial charge in [-0.15, -0.1) is 6.58 Å². The van der Waals surface area contributed by atoms with E-state index in [0.29, 0.717) is 5.92 Å². The van der Waals surface area contributed by atoms with Crippen LogP contribution in [0, 0.1) is 0 Å². The third kappa shape index (κ3) is 2.62. The van der Waals surface area contributed by atoms with Gasteiger partial charge in [0.15, 0.2) is 0 Å². The third-order valence-electron chi connectivity index (χ3n) is 3.86. The molecule has 1 heterocycles. The molecule has 1 aromatic carbocycles. The predicted octanol–water partition coefficient (Wildman–Crippen LogP) is 3.31. The van der Waals surface area contributed by atoms with Gasteiger partial charge < -0.3 is 10.3 Å². The van der Waals surface area contributed by atoms with Gasteiger partial charge in [0, 0.05) is 12.5 Å². The summed E-state index contributed by atoms with van der Waals surface area (Å²) >= 11 is 0. The van der Waals surface area contributed by atoms with Crippen LogP contribution in [-0.2, 0) is 19.4 Å². The fraction of sp³-hybridized carbons (Fsp3) is 0.353. The fourth-order valence-electron chi connectivity index (χ4n) is 2.60. The van der Waals surface area contributed by atoms with Crippen molar-refractivity contribution in [3.63, 3.8) is 0 Å². The zero-order valence-corrected chi connectivity index (χ0v) is 11.8. The van der Waals surface area contributed by atoms with Crippen molar-refractivity contribution < 1.29 is 0 Å². The van der Waals surface area contributed by atoms with Crippen LogP contribution >= 0.6 is 0 Å². The van der Waals surface area contributed by atoms with Crippen LogP contribution in [-0.4, -0.2) is 9.55 Å². The molecule has 0 radical (unpaired) electrons. The van der Waals surface area contributed by atoms with E-state index in [2.05, 4.69) is 35.4 Å². The van der Waals surface area contributed by atoms with Crippen molar-refractivity contribution in [1.29, 1.82) is 0 Å². The van der Waals surface area contributed by atoms with Crippen LogP contribution in [0.4, 0.5) is 5.82 Å². The maximum Gasteiger partial charge on any atom is 0.127 e. The summed E-state index contributed by atoms with van der Waals surface area (Å²) < 4.78 is 2.13. The maximum absolute atomic E-state index is 6.27. The van der Waals surface area contributed by atoms with Gasteiger partial charge in [-0.3, -0.25) is 0 Å². The van der Waals surface area contributed by atoms with E-state index in [0.717, 1.165) is 36.7 Å². The molecule has 0 spiro atoms. The van der Waals surface area contributed by atoms with Gasteiger partial charge in [-0.1, -0.05) is 36.4 Å². The van der Waals surface area contributed by atoms with E-state index in [-0.39, 0.29) is 0 Å². The monoisotopic (exact) mass is 267 g/mol. The van der Waals surface area contributed by atoms with E-state index in [9.17, 15) is 0 Å². The number of benzene rings is 1. The van der Waals surface area contributed by atoms with Crippen LogP contribution in [0.2, 0.25) is 0 Å². The molecule has 0 amide bonds. The molecular formula is C17H21N3. The Kier molecular flexibility index (Phi) is 3.59. The summed E-state index contributed by atoms with van der Waals surface area (Å²) in [6.07, 6.45) is 6.27. The average molecular weight is 267 g/mol. The Morgan fingerprint density at radius 2 is 2.00 bits per heavy atom. The van der Waals surface area contributed by atoms with E-state index in [1.165, 1.54) is 18.4 Å². The number of aryl methyl sites for hydroxylation is 2. The lowest BCUT2D eigenvalue weighted by atomic mass is 10.1. The van der Waals surface area contributed by atoms with Crippen molar-refractivity contribution >= 4 is 5.82 Å². The molecule has 1 fully saturated rings. The zero-order valence-electron chi connectivity index (χ0n) is 11.8. The highest BCUT2D eigenvalue weighted by atomic mass is 15.1. The Hall–Kier alpha value is -2.03. The summed E-state index contributed by atoms with van der Waals surface area (Å²) in [7, 11) is 0. The smallest absolute Gasteiger partial charge is 0.127 e. The van der Waals surface area contributed by atoms with Crippen molar-refractivity contribution in [1.82, 2.24) is 9.55 Å². The zero-order chi connectivity index (χ0) is 13.9. The van der Waals surface area contributed by atoms with Crippen molar-refractivity contribution in [2.45, 2.75) is 38.1 Å². The molecule has 3 nitrogen and oxygen atoms in total. The van der Waals surface area contributed by atoms with E-state index in [4.69, 9.17) is 10.7 Å². The third-order valence-corrected chi connectivity index (χ3v) is 3.86. The van der Waals surface area contributed by atoms with Gasteiger partial charge in [0.25, 0.3) is 0 Å². The van der Waals surface area contributed by atoms with Gasteiger partial charge in [-0.2, -0.15) is 0 Å². The van der Waals surface area contributed by atoms with Gasteiger partial charge in [0.1, 0.15) is 11.6 Å². The SMILES string of the molecule is C=CCn1c(C2CC2)nc(CCc2ccccc2)c1N. The van der Waals surface area contributed by atoms with Crippen molar-refractivity contribution in [3.8, 4) is 0 Å². The molecule has 2 N–H and O–H groups in total. The second-order valence-electron chi connectivity index (χ2n) is 5.46. The summed E-state index contributed by atoms with van der Waals surface area (Å²) in [5.41, 5.74) is 8.64. The lowest BCUT2D eigenvalue weighted by Gasteiger charge is -2.05. The Morgan fingerprint density at radius 1 is 1.25 bits per heavy atom. The fourth-order valence-corrected chi connectivity index (χ4v) is 2.60. The molecule has 20 heavy (non-hydrogen) atoms. The molecule has 2 aromatic rings. The summed E-state index contributed by atoms with van der Waals surface area (Å²) in [6.45, 7) is 4.58. The molecule has 1 aliphatic rings. The highest BCUT2D eigenvalue weighted by Gasteiger charge is 2.30. The van der Waals surface area contributed by atoms with Crippen molar-refractivity contribution in [3.05, 3.63) is 60.1 Å². The first-order chi connectivity index (χ1) is 9.79. The van der Waals surface area contributed by atoms with Crippen LogP contribution in [0.15, 0.2) is 43.0 Å². The number of allylic oxidation sites excluding steroid dienone is 1. The molecule has 0 aliphatic heterocycles. The van der Waals surface area contributed by atoms with Gasteiger partial charge in [0.2, 0.25) is 0 Å². The number of hydrogen-bond acceptors (Lipinski definition) is 2. The molecule has 0 unspecified atom stereocenters. The van der Waals surface area contributed by atoms with Crippen LogP contribution in [0.1, 0.15) is 35.8 Å². The minimum Gasteiger partial charge on any atom is -0.384 e. The van der Waals surface area contributed by atoms with Crippen LogP contribution in [0.5, 0.6) is 0 Å². The highest BCUT2D eigenvalue weighted by molar-refractivity contribution is 5.40. The maximum atomic E-state index is 6.27. The van der Waals surface area contributed by atoms with E-state index in [1.807, 2.05) is 12.1 Å². The Morgan fingerprint density at radius 3 is 2.65 bits per heavy atom. The molecule has 1 aliphatic carbocycles. The Labute approximate surface area is 120 Å². The second kappa shape index (κ2) is 5.53. The van der Waals surface area contributed by atoms with Crippen molar-refractivity contribution in [2.24, 2.45) is 0 Å². The van der Waals surface area contributed by atoms with E-state index >= 15 is 0 Å². The number of hydrogen-bond donors (Lipinski definition) is 1. The number of nitrogen functional groups attached to an aromatic ring is 1. The summed E-state index contributed by atoms with van der Waals surface area (Å²) in [6, 6.07) is 10.5. The molecule has 1 aromatic heterocycles. The first-order valence-electron chi connectivity index (χ1n) is 7.29. The minimum absolute atomic E-state index is 0.614. The topological polar surface area (TPSA) is 43.8 Å². The molecule has 0 atom stereocenters. The molecule has 1 saturated carbocycles. The van der Waals surface area contributed by atoms with Crippen molar-refractivity contribution in [2.75, 3.05) is 5.73 Å². The van der Waals surface area contributed by atoms with Gasteiger partial charge >= 0.3 is 0 Å². The van der Waals surface area contributed by atoms with Gasteiger partial charge in [-0.05, 0) is 31.2 Å². The standard InChI is InChI=1S/C17H21N3/c1-2-12-20-16(18)15(19-17(20)14-9-10-14)11-8-13-6-4-3-5-7-13/h2-7,14H,1,8-12,18H2. The van der Waals surface area contributed by atoms with Crippen LogP contribution < -0.4 is 5.73 Å². The first kappa shape index (κ1) is 13.0. The first-order valence-corrected chi connectivity index (χ1v) is 7.29. The molecule has 3 rings (SSSR count). The van der Waals surface area contributed by atoms with Gasteiger partial charge in [0.05, 0.1) is 5.69 Å². The molecular weight excluding hydrogens is 246 g/mol. The second-order valence-corrected chi connectivity index (χ2v) is 5.46. The summed E-state index contributed by atoms with van der Waals surface area (Å²) in [5.74, 6) is 2.59. The summed E-state index contributed by atoms with van der Waals surface area (Å²) in [4.78, 5) is 4.80. The van der Waals surface area contributed by atoms with Gasteiger partial charge in [-0.25, -0.2) is 4.98 Å². The summed E-state index contributed by atoms with van der Waals surface area (Å²) in [5, 5.41) is 0. The lowest BCUT2D eigenvalue weighted by Crippen LogP contribution is -2.05. The number of imidazole rings is 1. The number of nitrogens with zero attached hydrogens (tertiary/aromatic N) is 2. The molecule has 104 valence electrons. The number of rotatable bonds is 6. The molecule has 0 bridgehead atoms. The Balaban J connectivity index is 1.79. The normalized spacial score (nSPS) is 14.4. The van der Waals surface area contributed by atoms with Crippen LogP contribution in [0.3, 0.4) is 0 Å². The van der Waals surface area contributed by atoms with E-state index < -0.39 is 0 Å². The van der Waals surface area contributed by atoms with Crippen LogP contribution in [0.25, 0.3) is 0 Å². The average Bonchev–Trinajstić information content (AvgIpc) is 3.27. The molecule has 3 heteroatoms. The minimum atomic E-state index is 0.614. The number of nitrogens with two attached hydrogens (primary N) is 1. The number of anilines is 1. The quantitative estimate of drug-likeness (QED) is 0.816. The Bertz CT molecular complexity index is 594.